The number of nitrogens with one attached hydrogen (secondary N) is 1. The summed E-state index contributed by atoms with van der Waals surface area (Å²) >= 11 is 0. The SMILES string of the molecule is N#CC1(c2cc(-c3cnc(N)c(-c4cc(-c5ccc(CNC6CCCC6)cc5)no4)n3)ccn2)CCOCC1. The van der Waals surface area contributed by atoms with Crippen molar-refractivity contribution in [1.29, 1.82) is 5.26 Å². The van der Waals surface area contributed by atoms with Crippen LogP contribution in [-0.4, -0.2) is 39.4 Å². The van der Waals surface area contributed by atoms with Gasteiger partial charge in [0.15, 0.2) is 17.3 Å². The molecule has 0 bridgehead atoms. The van der Waals surface area contributed by atoms with E-state index in [1.54, 1.807) is 12.4 Å². The van der Waals surface area contributed by atoms with Gasteiger partial charge in [-0.3, -0.25) is 4.98 Å². The van der Waals surface area contributed by atoms with Gasteiger partial charge in [0.2, 0.25) is 0 Å². The van der Waals surface area contributed by atoms with Crippen LogP contribution in [0.15, 0.2) is 59.4 Å². The van der Waals surface area contributed by atoms with Crippen molar-refractivity contribution in [3.8, 4) is 40.0 Å². The first-order valence-corrected chi connectivity index (χ1v) is 13.5. The average Bonchev–Trinajstić information content (AvgIpc) is 3.70. The molecule has 0 radical (unpaired) electrons. The Balaban J connectivity index is 1.22. The van der Waals surface area contributed by atoms with E-state index in [4.69, 9.17) is 20.0 Å². The van der Waals surface area contributed by atoms with Crippen LogP contribution in [0.2, 0.25) is 0 Å². The van der Waals surface area contributed by atoms with Gasteiger partial charge in [0, 0.05) is 49.2 Å². The van der Waals surface area contributed by atoms with Crippen LogP contribution in [0.1, 0.15) is 49.8 Å². The van der Waals surface area contributed by atoms with Gasteiger partial charge in [0.1, 0.15) is 11.1 Å². The van der Waals surface area contributed by atoms with E-state index in [-0.39, 0.29) is 5.82 Å². The van der Waals surface area contributed by atoms with Crippen LogP contribution in [0, 0.1) is 11.3 Å². The molecule has 1 aromatic carbocycles. The molecule has 3 N–H and O–H groups in total. The largest absolute Gasteiger partial charge is 0.382 e. The van der Waals surface area contributed by atoms with Crippen molar-refractivity contribution in [2.24, 2.45) is 0 Å². The predicted molar refractivity (Wildman–Crippen MR) is 147 cm³/mol. The second-order valence-electron chi connectivity index (χ2n) is 10.4. The Morgan fingerprint density at radius 1 is 1.00 bits per heavy atom. The second kappa shape index (κ2) is 10.9. The number of aromatic nitrogens is 4. The predicted octanol–water partition coefficient (Wildman–Crippen LogP) is 5.05. The van der Waals surface area contributed by atoms with Crippen LogP contribution in [0.3, 0.4) is 0 Å². The number of hydrogen-bond acceptors (Lipinski definition) is 9. The minimum Gasteiger partial charge on any atom is -0.382 e. The van der Waals surface area contributed by atoms with Gasteiger partial charge >= 0.3 is 0 Å². The van der Waals surface area contributed by atoms with Crippen molar-refractivity contribution in [3.63, 3.8) is 0 Å². The molecule has 6 rings (SSSR count). The first kappa shape index (κ1) is 25.2. The standard InChI is InChI=1S/C30H31N7O2/c31-19-30(10-13-38-14-11-30)27-15-22(9-12-33-27)25-18-35-29(32)28(36-25)26-16-24(37-39-26)21-7-5-20(6-8-21)17-34-23-3-1-2-4-23/h5-9,12,15-16,18,23,34H,1-4,10-11,13-14,17H2,(H2,32,35). The van der Waals surface area contributed by atoms with Gasteiger partial charge in [-0.25, -0.2) is 9.97 Å². The number of nitriles is 1. The Morgan fingerprint density at radius 2 is 1.79 bits per heavy atom. The zero-order valence-electron chi connectivity index (χ0n) is 21.8. The summed E-state index contributed by atoms with van der Waals surface area (Å²) in [6.45, 7) is 1.95. The maximum atomic E-state index is 9.96. The van der Waals surface area contributed by atoms with Gasteiger partial charge in [0.05, 0.1) is 23.7 Å². The van der Waals surface area contributed by atoms with Crippen LogP contribution >= 0.6 is 0 Å². The van der Waals surface area contributed by atoms with Crippen molar-refractivity contribution >= 4 is 5.82 Å². The zero-order chi connectivity index (χ0) is 26.7. The maximum Gasteiger partial charge on any atom is 0.189 e. The Hall–Kier alpha value is -4.13. The lowest BCUT2D eigenvalue weighted by Crippen LogP contribution is -2.33. The number of rotatable bonds is 7. The summed E-state index contributed by atoms with van der Waals surface area (Å²) < 4.78 is 11.1. The van der Waals surface area contributed by atoms with Gasteiger partial charge in [-0.1, -0.05) is 42.3 Å². The summed E-state index contributed by atoms with van der Waals surface area (Å²) in [6, 6.07) is 17.1. The molecule has 39 heavy (non-hydrogen) atoms. The fourth-order valence-corrected chi connectivity index (χ4v) is 5.42. The molecule has 4 aromatic rings. The number of benzene rings is 1. The summed E-state index contributed by atoms with van der Waals surface area (Å²) in [7, 11) is 0. The molecule has 0 unspecified atom stereocenters. The zero-order valence-corrected chi connectivity index (χ0v) is 21.8. The Labute approximate surface area is 227 Å². The van der Waals surface area contributed by atoms with Gasteiger partial charge in [-0.05, 0) is 43.4 Å². The van der Waals surface area contributed by atoms with Crippen LogP contribution in [0.25, 0.3) is 34.0 Å². The van der Waals surface area contributed by atoms with Crippen molar-refractivity contribution in [2.75, 3.05) is 18.9 Å². The van der Waals surface area contributed by atoms with Gasteiger partial charge < -0.3 is 20.3 Å². The van der Waals surface area contributed by atoms with Crippen LogP contribution < -0.4 is 11.1 Å². The van der Waals surface area contributed by atoms with E-state index in [0.29, 0.717) is 54.9 Å². The number of anilines is 1. The molecule has 9 heteroatoms. The summed E-state index contributed by atoms with van der Waals surface area (Å²) in [5.74, 6) is 0.693. The molecule has 1 aliphatic carbocycles. The number of pyridine rings is 1. The molecule has 0 atom stereocenters. The van der Waals surface area contributed by atoms with Gasteiger partial charge in [-0.2, -0.15) is 5.26 Å². The van der Waals surface area contributed by atoms with E-state index in [0.717, 1.165) is 23.4 Å². The minimum atomic E-state index is -0.666. The third-order valence-corrected chi connectivity index (χ3v) is 7.85. The molecule has 9 nitrogen and oxygen atoms in total. The second-order valence-corrected chi connectivity index (χ2v) is 10.4. The molecule has 0 spiro atoms. The highest BCUT2D eigenvalue weighted by Crippen LogP contribution is 2.35. The fraction of sp³-hybridized carbons (Fsp3) is 0.367. The topological polar surface area (TPSA) is 136 Å². The van der Waals surface area contributed by atoms with Crippen LogP contribution in [-0.2, 0) is 16.7 Å². The van der Waals surface area contributed by atoms with E-state index in [9.17, 15) is 5.26 Å². The number of ether oxygens (including phenoxy) is 1. The Morgan fingerprint density at radius 3 is 2.56 bits per heavy atom. The normalized spacial score (nSPS) is 17.2. The molecule has 2 fully saturated rings. The molecular weight excluding hydrogens is 490 g/mol. The Bertz CT molecular complexity index is 1480. The lowest BCUT2D eigenvalue weighted by Gasteiger charge is -2.30. The van der Waals surface area contributed by atoms with Crippen molar-refractivity contribution < 1.29 is 9.26 Å². The highest BCUT2D eigenvalue weighted by molar-refractivity contribution is 5.73. The summed E-state index contributed by atoms with van der Waals surface area (Å²) in [5, 5.41) is 17.9. The first-order valence-electron chi connectivity index (χ1n) is 13.5. The molecule has 0 amide bonds. The number of hydrogen-bond donors (Lipinski definition) is 2. The van der Waals surface area contributed by atoms with E-state index in [2.05, 4.69) is 50.8 Å². The van der Waals surface area contributed by atoms with Gasteiger partial charge in [-0.15, -0.1) is 0 Å². The summed E-state index contributed by atoms with van der Waals surface area (Å²) in [6.07, 6.45) is 9.73. The monoisotopic (exact) mass is 521 g/mol. The third kappa shape index (κ3) is 5.26. The van der Waals surface area contributed by atoms with Crippen LogP contribution in [0.5, 0.6) is 0 Å². The summed E-state index contributed by atoms with van der Waals surface area (Å²) in [5.41, 5.74) is 11.0. The number of nitrogen functional groups attached to an aromatic ring is 1. The lowest BCUT2D eigenvalue weighted by molar-refractivity contribution is 0.0664. The summed E-state index contributed by atoms with van der Waals surface area (Å²) in [4.78, 5) is 13.7. The third-order valence-electron chi connectivity index (χ3n) is 7.85. The molecular formula is C30H31N7O2. The smallest absolute Gasteiger partial charge is 0.189 e. The fourth-order valence-electron chi connectivity index (χ4n) is 5.42. The van der Waals surface area contributed by atoms with Crippen LogP contribution in [0.4, 0.5) is 5.82 Å². The molecule has 198 valence electrons. The van der Waals surface area contributed by atoms with Crippen molar-refractivity contribution in [2.45, 2.75) is 56.5 Å². The minimum absolute atomic E-state index is 0.252. The highest BCUT2D eigenvalue weighted by Gasteiger charge is 2.36. The molecule has 3 aromatic heterocycles. The van der Waals surface area contributed by atoms with E-state index in [1.807, 2.05) is 18.2 Å². The Kier molecular flexibility index (Phi) is 7.05. The van der Waals surface area contributed by atoms with Gasteiger partial charge in [0.25, 0.3) is 0 Å². The van der Waals surface area contributed by atoms with E-state index < -0.39 is 5.41 Å². The first-order chi connectivity index (χ1) is 19.1. The lowest BCUT2D eigenvalue weighted by atomic mass is 9.78. The van der Waals surface area contributed by atoms with E-state index in [1.165, 1.54) is 31.2 Å². The number of nitrogens with two attached hydrogens (primary N) is 1. The molecule has 1 saturated heterocycles. The molecule has 4 heterocycles. The highest BCUT2D eigenvalue weighted by atomic mass is 16.5. The van der Waals surface area contributed by atoms with Crippen molar-refractivity contribution in [3.05, 3.63) is 66.1 Å². The van der Waals surface area contributed by atoms with E-state index >= 15 is 0 Å². The number of nitrogens with zero attached hydrogens (tertiary/aromatic N) is 5. The van der Waals surface area contributed by atoms with Crippen molar-refractivity contribution in [1.82, 2.24) is 25.4 Å². The quantitative estimate of drug-likeness (QED) is 0.342. The molecule has 1 aliphatic heterocycles. The average molecular weight is 522 g/mol. The molecule has 1 saturated carbocycles. The molecule has 2 aliphatic rings. The maximum absolute atomic E-state index is 9.96.